The average Bonchev–Trinajstić information content (AvgIpc) is 3.51. The molecule has 0 saturated heterocycles. The van der Waals surface area contributed by atoms with Crippen molar-refractivity contribution in [2.75, 3.05) is 24.2 Å². The van der Waals surface area contributed by atoms with Crippen molar-refractivity contribution in [3.63, 3.8) is 0 Å². The van der Waals surface area contributed by atoms with Gasteiger partial charge in [0.15, 0.2) is 0 Å². The maximum Gasteiger partial charge on any atom is 0.243 e. The smallest absolute Gasteiger partial charge is 0.243 e. The first-order valence-corrected chi connectivity index (χ1v) is 17.8. The second kappa shape index (κ2) is 15.8. The van der Waals surface area contributed by atoms with Gasteiger partial charge >= 0.3 is 0 Å². The standard InChI is InChI=1S/C33H39BrClN3O5S/c1-43-31-19-18-28(22-29(31)35)38(44(2,41)42)20-8-13-32(39)37(23-25-14-16-26(34)17-15-25)30(21-24-9-4-3-5-10-24)33(40)36-27-11-6-7-12-27/h3-5,9-10,14-19,22,27,30H,6-8,11-13,20-21,23H2,1-2H3,(H,36,40)/t30-/m0/s1. The Bertz CT molecular complexity index is 1520. The van der Waals surface area contributed by atoms with Gasteiger partial charge in [0.2, 0.25) is 21.8 Å². The zero-order valence-corrected chi connectivity index (χ0v) is 28.2. The summed E-state index contributed by atoms with van der Waals surface area (Å²) in [5.74, 6) is 0.0384. The Hall–Kier alpha value is -3.08. The first kappa shape index (κ1) is 33.8. The molecule has 11 heteroatoms. The van der Waals surface area contributed by atoms with Gasteiger partial charge in [-0.25, -0.2) is 8.42 Å². The Kier molecular flexibility index (Phi) is 12.1. The number of sulfonamides is 1. The van der Waals surface area contributed by atoms with Gasteiger partial charge in [0, 0.05) is 36.4 Å². The second-order valence-corrected chi connectivity index (χ2v) is 14.3. The molecule has 1 saturated carbocycles. The molecule has 1 fully saturated rings. The second-order valence-electron chi connectivity index (χ2n) is 11.1. The molecular weight excluding hydrogens is 666 g/mol. The fourth-order valence-electron chi connectivity index (χ4n) is 5.52. The van der Waals surface area contributed by atoms with Crippen LogP contribution in [0.1, 0.15) is 49.7 Å². The number of rotatable bonds is 14. The molecular formula is C33H39BrClN3O5S. The molecule has 3 aromatic rings. The number of hydrogen-bond donors (Lipinski definition) is 1. The molecule has 0 heterocycles. The van der Waals surface area contributed by atoms with Gasteiger partial charge in [-0.05, 0) is 60.7 Å². The highest BCUT2D eigenvalue weighted by Gasteiger charge is 2.32. The van der Waals surface area contributed by atoms with Crippen LogP contribution in [0.15, 0.2) is 77.3 Å². The Morgan fingerprint density at radius 3 is 2.32 bits per heavy atom. The summed E-state index contributed by atoms with van der Waals surface area (Å²) < 4.78 is 32.8. The molecule has 1 atom stereocenters. The number of benzene rings is 3. The summed E-state index contributed by atoms with van der Waals surface area (Å²) in [4.78, 5) is 29.5. The van der Waals surface area contributed by atoms with Crippen molar-refractivity contribution in [3.8, 4) is 5.75 Å². The van der Waals surface area contributed by atoms with Crippen LogP contribution in [0.2, 0.25) is 5.02 Å². The quantitative estimate of drug-likeness (QED) is 0.211. The van der Waals surface area contributed by atoms with Gasteiger partial charge in [0.25, 0.3) is 0 Å². The molecule has 236 valence electrons. The van der Waals surface area contributed by atoms with E-state index in [0.717, 1.165) is 47.5 Å². The Labute approximate surface area is 273 Å². The summed E-state index contributed by atoms with van der Waals surface area (Å²) in [5.41, 5.74) is 2.22. The minimum absolute atomic E-state index is 0.0500. The van der Waals surface area contributed by atoms with Crippen molar-refractivity contribution in [1.29, 1.82) is 0 Å². The predicted octanol–water partition coefficient (Wildman–Crippen LogP) is 6.36. The van der Waals surface area contributed by atoms with E-state index in [1.807, 2.05) is 54.6 Å². The third-order valence-electron chi connectivity index (χ3n) is 7.81. The molecule has 0 spiro atoms. The van der Waals surface area contributed by atoms with Crippen LogP contribution in [0.4, 0.5) is 5.69 Å². The topological polar surface area (TPSA) is 96.0 Å². The van der Waals surface area contributed by atoms with Gasteiger partial charge in [-0.15, -0.1) is 0 Å². The van der Waals surface area contributed by atoms with Crippen LogP contribution in [0.5, 0.6) is 5.75 Å². The lowest BCUT2D eigenvalue weighted by Gasteiger charge is -2.33. The molecule has 0 radical (unpaired) electrons. The molecule has 4 rings (SSSR count). The lowest BCUT2D eigenvalue weighted by molar-refractivity contribution is -0.141. The lowest BCUT2D eigenvalue weighted by atomic mass is 10.0. The van der Waals surface area contributed by atoms with Gasteiger partial charge in [0.05, 0.1) is 24.1 Å². The molecule has 0 bridgehead atoms. The average molecular weight is 705 g/mol. The predicted molar refractivity (Wildman–Crippen MR) is 178 cm³/mol. The van der Waals surface area contributed by atoms with Crippen LogP contribution in [-0.4, -0.2) is 57.1 Å². The van der Waals surface area contributed by atoms with Crippen molar-refractivity contribution < 1.29 is 22.7 Å². The van der Waals surface area contributed by atoms with E-state index in [2.05, 4.69) is 21.2 Å². The van der Waals surface area contributed by atoms with Gasteiger partial charge in [-0.3, -0.25) is 13.9 Å². The van der Waals surface area contributed by atoms with E-state index < -0.39 is 16.1 Å². The SMILES string of the molecule is COc1ccc(N(CCCC(=O)N(Cc2ccc(Br)cc2)[C@@H](Cc2ccccc2)C(=O)NC2CCCC2)S(C)(=O)=O)cc1Cl. The number of carbonyl (C=O) groups excluding carboxylic acids is 2. The molecule has 0 unspecified atom stereocenters. The maximum absolute atomic E-state index is 14.0. The zero-order chi connectivity index (χ0) is 31.7. The highest BCUT2D eigenvalue weighted by atomic mass is 79.9. The first-order valence-electron chi connectivity index (χ1n) is 14.7. The number of carbonyl (C=O) groups is 2. The molecule has 2 amide bonds. The van der Waals surface area contributed by atoms with E-state index >= 15 is 0 Å². The van der Waals surface area contributed by atoms with E-state index in [1.165, 1.54) is 17.5 Å². The van der Waals surface area contributed by atoms with Crippen LogP contribution in [0, 0.1) is 0 Å². The molecule has 44 heavy (non-hydrogen) atoms. The summed E-state index contributed by atoms with van der Waals surface area (Å²) in [5, 5.41) is 3.49. The number of nitrogens with one attached hydrogen (secondary N) is 1. The van der Waals surface area contributed by atoms with Crippen molar-refractivity contribution in [2.45, 2.75) is 63.6 Å². The van der Waals surface area contributed by atoms with Crippen LogP contribution in [0.3, 0.4) is 0 Å². The van der Waals surface area contributed by atoms with E-state index in [1.54, 1.807) is 17.0 Å². The Morgan fingerprint density at radius 1 is 1.02 bits per heavy atom. The number of nitrogens with zero attached hydrogens (tertiary/aromatic N) is 2. The third-order valence-corrected chi connectivity index (χ3v) is 9.83. The molecule has 8 nitrogen and oxygen atoms in total. The van der Waals surface area contributed by atoms with E-state index in [-0.39, 0.29) is 48.8 Å². The maximum atomic E-state index is 14.0. The summed E-state index contributed by atoms with van der Waals surface area (Å²) in [7, 11) is -2.18. The zero-order valence-electron chi connectivity index (χ0n) is 25.0. The minimum atomic E-state index is -3.67. The molecule has 1 N–H and O–H groups in total. The number of amides is 2. The van der Waals surface area contributed by atoms with Crippen LogP contribution in [0.25, 0.3) is 0 Å². The molecule has 1 aliphatic carbocycles. The number of methoxy groups -OCH3 is 1. The van der Waals surface area contributed by atoms with Crippen LogP contribution >= 0.6 is 27.5 Å². The van der Waals surface area contributed by atoms with Gasteiger partial charge in [-0.2, -0.15) is 0 Å². The summed E-state index contributed by atoms with van der Waals surface area (Å²) >= 11 is 9.75. The largest absolute Gasteiger partial charge is 0.495 e. The molecule has 0 aromatic heterocycles. The van der Waals surface area contributed by atoms with Crippen LogP contribution in [-0.2, 0) is 32.6 Å². The van der Waals surface area contributed by atoms with Crippen molar-refractivity contribution in [3.05, 3.63) is 93.4 Å². The Morgan fingerprint density at radius 2 is 1.70 bits per heavy atom. The van der Waals surface area contributed by atoms with Crippen molar-refractivity contribution in [2.24, 2.45) is 0 Å². The van der Waals surface area contributed by atoms with Gasteiger partial charge in [0.1, 0.15) is 11.8 Å². The van der Waals surface area contributed by atoms with E-state index in [9.17, 15) is 18.0 Å². The van der Waals surface area contributed by atoms with E-state index in [0.29, 0.717) is 17.9 Å². The van der Waals surface area contributed by atoms with Crippen molar-refractivity contribution in [1.82, 2.24) is 10.2 Å². The number of anilines is 1. The Balaban J connectivity index is 1.58. The summed E-state index contributed by atoms with van der Waals surface area (Å²) in [6.45, 7) is 0.308. The van der Waals surface area contributed by atoms with Gasteiger partial charge in [-0.1, -0.05) is 82.8 Å². The van der Waals surface area contributed by atoms with Crippen molar-refractivity contribution >= 4 is 55.1 Å². The number of halogens is 2. The van der Waals surface area contributed by atoms with Crippen LogP contribution < -0.4 is 14.4 Å². The highest BCUT2D eigenvalue weighted by molar-refractivity contribution is 9.10. The number of hydrogen-bond acceptors (Lipinski definition) is 5. The highest BCUT2D eigenvalue weighted by Crippen LogP contribution is 2.30. The molecule has 0 aliphatic heterocycles. The molecule has 1 aliphatic rings. The van der Waals surface area contributed by atoms with Gasteiger partial charge < -0.3 is 15.0 Å². The summed E-state index contributed by atoms with van der Waals surface area (Å²) in [6, 6.07) is 21.5. The lowest BCUT2D eigenvalue weighted by Crippen LogP contribution is -2.52. The first-order chi connectivity index (χ1) is 21.0. The minimum Gasteiger partial charge on any atom is -0.495 e. The number of ether oxygens (including phenoxy) is 1. The third kappa shape index (κ3) is 9.46. The normalized spacial score (nSPS) is 14.2. The monoisotopic (exact) mass is 703 g/mol. The van der Waals surface area contributed by atoms with E-state index in [4.69, 9.17) is 16.3 Å². The molecule has 3 aromatic carbocycles. The summed E-state index contributed by atoms with van der Waals surface area (Å²) in [6.07, 6.45) is 5.79. The fraction of sp³-hybridized carbons (Fsp3) is 0.394. The fourth-order valence-corrected chi connectivity index (χ4v) is 7.00.